The standard InChI is InChI=1S/C8H10F3N3O/c9-8(10,11)7(15)14-6(1-2-12)5-3-13-4-5/h5-6,13H,1,3-4H2,(H,14,15). The summed E-state index contributed by atoms with van der Waals surface area (Å²) in [4.78, 5) is 10.6. The molecule has 1 heterocycles. The molecule has 0 aromatic rings. The molecule has 84 valence electrons. The van der Waals surface area contributed by atoms with E-state index in [0.717, 1.165) is 0 Å². The van der Waals surface area contributed by atoms with Gasteiger partial charge in [0.15, 0.2) is 0 Å². The molecular formula is C8H10F3N3O. The number of nitrogens with one attached hydrogen (secondary N) is 2. The SMILES string of the molecule is N#CCC(NC(=O)C(F)(F)F)C1CNC1. The van der Waals surface area contributed by atoms with Gasteiger partial charge >= 0.3 is 12.1 Å². The first-order valence-electron chi connectivity index (χ1n) is 4.40. The molecule has 0 bridgehead atoms. The van der Waals surface area contributed by atoms with Gasteiger partial charge in [-0.25, -0.2) is 0 Å². The Morgan fingerprint density at radius 3 is 2.53 bits per heavy atom. The number of amides is 1. The Hall–Kier alpha value is -1.29. The van der Waals surface area contributed by atoms with Crippen molar-refractivity contribution in [3.05, 3.63) is 0 Å². The van der Waals surface area contributed by atoms with E-state index in [4.69, 9.17) is 5.26 Å². The average Bonchev–Trinajstić information content (AvgIpc) is 1.99. The molecule has 0 spiro atoms. The predicted octanol–water partition coefficient (Wildman–Crippen LogP) is 0.167. The minimum absolute atomic E-state index is 0.0871. The summed E-state index contributed by atoms with van der Waals surface area (Å²) in [5.41, 5.74) is 0. The van der Waals surface area contributed by atoms with Crippen LogP contribution in [0.3, 0.4) is 0 Å². The number of hydrogen-bond acceptors (Lipinski definition) is 3. The second kappa shape index (κ2) is 4.49. The Morgan fingerprint density at radius 2 is 2.20 bits per heavy atom. The smallest absolute Gasteiger partial charge is 0.344 e. The molecule has 1 fully saturated rings. The predicted molar refractivity (Wildman–Crippen MR) is 44.6 cm³/mol. The van der Waals surface area contributed by atoms with Gasteiger partial charge in [0.2, 0.25) is 0 Å². The van der Waals surface area contributed by atoms with Crippen LogP contribution in [-0.4, -0.2) is 31.2 Å². The fourth-order valence-corrected chi connectivity index (χ4v) is 1.28. The third kappa shape index (κ3) is 3.09. The Morgan fingerprint density at radius 1 is 1.60 bits per heavy atom. The highest BCUT2D eigenvalue weighted by Crippen LogP contribution is 2.18. The summed E-state index contributed by atoms with van der Waals surface area (Å²) >= 11 is 0. The Kier molecular flexibility index (Phi) is 3.52. The lowest BCUT2D eigenvalue weighted by atomic mass is 9.92. The zero-order valence-electron chi connectivity index (χ0n) is 7.77. The Labute approximate surface area is 84.4 Å². The molecule has 7 heteroatoms. The monoisotopic (exact) mass is 221 g/mol. The summed E-state index contributed by atoms with van der Waals surface area (Å²) < 4.78 is 35.8. The highest BCUT2D eigenvalue weighted by atomic mass is 19.4. The first kappa shape index (κ1) is 11.8. The number of halogens is 3. The summed E-state index contributed by atoms with van der Waals surface area (Å²) in [7, 11) is 0. The molecule has 0 aliphatic carbocycles. The van der Waals surface area contributed by atoms with Crippen LogP contribution in [0.5, 0.6) is 0 Å². The van der Waals surface area contributed by atoms with Crippen LogP contribution in [0, 0.1) is 17.2 Å². The maximum atomic E-state index is 11.9. The first-order valence-corrected chi connectivity index (χ1v) is 4.40. The first-order chi connectivity index (χ1) is 6.95. The molecule has 4 nitrogen and oxygen atoms in total. The van der Waals surface area contributed by atoms with Gasteiger partial charge in [-0.15, -0.1) is 0 Å². The molecule has 2 N–H and O–H groups in total. The number of nitriles is 1. The van der Waals surface area contributed by atoms with E-state index in [1.54, 1.807) is 6.07 Å². The minimum atomic E-state index is -4.88. The highest BCUT2D eigenvalue weighted by Gasteiger charge is 2.41. The van der Waals surface area contributed by atoms with Crippen molar-refractivity contribution in [3.63, 3.8) is 0 Å². The van der Waals surface area contributed by atoms with Gasteiger partial charge in [-0.05, 0) is 0 Å². The molecule has 1 saturated heterocycles. The van der Waals surface area contributed by atoms with Gasteiger partial charge < -0.3 is 10.6 Å². The Balaban J connectivity index is 2.51. The zero-order chi connectivity index (χ0) is 11.5. The lowest BCUT2D eigenvalue weighted by Gasteiger charge is -2.34. The fraction of sp³-hybridized carbons (Fsp3) is 0.750. The highest BCUT2D eigenvalue weighted by molar-refractivity contribution is 5.82. The van der Waals surface area contributed by atoms with Crippen LogP contribution < -0.4 is 10.6 Å². The van der Waals surface area contributed by atoms with Crippen LogP contribution in [0.1, 0.15) is 6.42 Å². The number of carbonyl (C=O) groups is 1. The molecule has 0 radical (unpaired) electrons. The Bertz CT molecular complexity index is 280. The van der Waals surface area contributed by atoms with Gasteiger partial charge in [0.1, 0.15) is 0 Å². The van der Waals surface area contributed by atoms with Crippen LogP contribution >= 0.6 is 0 Å². The van der Waals surface area contributed by atoms with Crippen molar-refractivity contribution in [2.45, 2.75) is 18.6 Å². The maximum Gasteiger partial charge on any atom is 0.471 e. The largest absolute Gasteiger partial charge is 0.471 e. The average molecular weight is 221 g/mol. The van der Waals surface area contributed by atoms with Crippen LogP contribution in [0.25, 0.3) is 0 Å². The fourth-order valence-electron chi connectivity index (χ4n) is 1.28. The third-order valence-electron chi connectivity index (χ3n) is 2.27. The quantitative estimate of drug-likeness (QED) is 0.713. The van der Waals surface area contributed by atoms with Crippen molar-refractivity contribution in [1.29, 1.82) is 5.26 Å². The zero-order valence-corrected chi connectivity index (χ0v) is 7.77. The van der Waals surface area contributed by atoms with E-state index in [-0.39, 0.29) is 12.3 Å². The van der Waals surface area contributed by atoms with Gasteiger partial charge in [0.25, 0.3) is 0 Å². The lowest BCUT2D eigenvalue weighted by Crippen LogP contribution is -2.56. The number of alkyl halides is 3. The van der Waals surface area contributed by atoms with E-state index in [9.17, 15) is 18.0 Å². The van der Waals surface area contributed by atoms with Gasteiger partial charge in [-0.1, -0.05) is 0 Å². The van der Waals surface area contributed by atoms with E-state index in [1.807, 2.05) is 5.32 Å². The van der Waals surface area contributed by atoms with E-state index in [2.05, 4.69) is 5.32 Å². The molecule has 1 amide bonds. The lowest BCUT2D eigenvalue weighted by molar-refractivity contribution is -0.174. The van der Waals surface area contributed by atoms with Gasteiger partial charge in [-0.2, -0.15) is 18.4 Å². The van der Waals surface area contributed by atoms with Crippen molar-refractivity contribution >= 4 is 5.91 Å². The molecule has 15 heavy (non-hydrogen) atoms. The molecule has 1 unspecified atom stereocenters. The number of hydrogen-bond donors (Lipinski definition) is 2. The van der Waals surface area contributed by atoms with E-state index < -0.39 is 18.1 Å². The molecule has 0 aromatic heterocycles. The van der Waals surface area contributed by atoms with Crippen molar-refractivity contribution in [1.82, 2.24) is 10.6 Å². The molecule has 1 aliphatic rings. The summed E-state index contributed by atoms with van der Waals surface area (Å²) in [6, 6.07) is 1.05. The molecule has 1 aliphatic heterocycles. The summed E-state index contributed by atoms with van der Waals surface area (Å²) in [6.07, 6.45) is -4.99. The van der Waals surface area contributed by atoms with Crippen LogP contribution in [0.2, 0.25) is 0 Å². The molecule has 1 atom stereocenters. The normalized spacial score (nSPS) is 18.8. The molecular weight excluding hydrogens is 211 g/mol. The van der Waals surface area contributed by atoms with E-state index >= 15 is 0 Å². The van der Waals surface area contributed by atoms with Crippen LogP contribution in [0.4, 0.5) is 13.2 Å². The number of nitrogens with zero attached hydrogens (tertiary/aromatic N) is 1. The van der Waals surface area contributed by atoms with Crippen LogP contribution in [0.15, 0.2) is 0 Å². The number of rotatable bonds is 3. The molecule has 0 aromatic carbocycles. The second-order valence-electron chi connectivity index (χ2n) is 3.36. The van der Waals surface area contributed by atoms with Gasteiger partial charge in [0, 0.05) is 25.0 Å². The van der Waals surface area contributed by atoms with Crippen LogP contribution in [-0.2, 0) is 4.79 Å². The summed E-state index contributed by atoms with van der Waals surface area (Å²) in [5.74, 6) is -2.06. The van der Waals surface area contributed by atoms with E-state index in [1.165, 1.54) is 0 Å². The third-order valence-corrected chi connectivity index (χ3v) is 2.27. The molecule has 0 saturated carbocycles. The van der Waals surface area contributed by atoms with E-state index in [0.29, 0.717) is 13.1 Å². The minimum Gasteiger partial charge on any atom is -0.344 e. The molecule has 1 rings (SSSR count). The topological polar surface area (TPSA) is 64.9 Å². The summed E-state index contributed by atoms with van der Waals surface area (Å²) in [5, 5.41) is 13.1. The second-order valence-corrected chi connectivity index (χ2v) is 3.36. The van der Waals surface area contributed by atoms with Crippen molar-refractivity contribution < 1.29 is 18.0 Å². The number of carbonyl (C=O) groups excluding carboxylic acids is 1. The van der Waals surface area contributed by atoms with Gasteiger partial charge in [0.05, 0.1) is 12.5 Å². The van der Waals surface area contributed by atoms with Crippen molar-refractivity contribution in [3.8, 4) is 6.07 Å². The van der Waals surface area contributed by atoms with Gasteiger partial charge in [-0.3, -0.25) is 4.79 Å². The van der Waals surface area contributed by atoms with Crippen molar-refractivity contribution in [2.75, 3.05) is 13.1 Å². The van der Waals surface area contributed by atoms with Crippen molar-refractivity contribution in [2.24, 2.45) is 5.92 Å². The summed E-state index contributed by atoms with van der Waals surface area (Å²) in [6.45, 7) is 1.06. The maximum absolute atomic E-state index is 11.9.